The van der Waals surface area contributed by atoms with Gasteiger partial charge in [0.05, 0.1) is 0 Å². The zero-order chi connectivity index (χ0) is 21.1. The van der Waals surface area contributed by atoms with Crippen molar-refractivity contribution in [3.8, 4) is 0 Å². The van der Waals surface area contributed by atoms with Gasteiger partial charge in [-0.1, -0.05) is 19.8 Å². The number of imide groups is 2. The van der Waals surface area contributed by atoms with Crippen molar-refractivity contribution in [3.63, 3.8) is 0 Å². The molecular weight excluding hydrogens is 368 g/mol. The molecule has 0 aromatic rings. The van der Waals surface area contributed by atoms with Crippen LogP contribution >= 0.6 is 0 Å². The van der Waals surface area contributed by atoms with Crippen molar-refractivity contribution in [2.24, 2.45) is 5.92 Å². The number of nitrogens with one attached hydrogen (secondary N) is 3. The van der Waals surface area contributed by atoms with Gasteiger partial charge in [0.2, 0.25) is 0 Å². The maximum atomic E-state index is 12.8. The number of ether oxygens (including phenoxy) is 1. The number of nitrogens with zero attached hydrogens (tertiary/aromatic N) is 1. The predicted molar refractivity (Wildman–Crippen MR) is 98.0 cm³/mol. The number of hydrogen-bond acceptors (Lipinski definition) is 6. The van der Waals surface area contributed by atoms with Gasteiger partial charge in [-0.05, 0) is 39.5 Å². The number of esters is 1. The monoisotopic (exact) mass is 396 g/mol. The SMILES string of the molecule is C[C@H]1CCCC[C@]12NC(=O)N(CC(=O)OCC(=O)NC(=O)NC(C)(C)C)C2=O. The molecule has 1 saturated heterocycles. The third-order valence-corrected chi connectivity index (χ3v) is 4.89. The van der Waals surface area contributed by atoms with Crippen LogP contribution in [0.3, 0.4) is 0 Å². The molecular formula is C18H28N4O6. The van der Waals surface area contributed by atoms with Crippen LogP contribution in [-0.2, 0) is 19.1 Å². The van der Waals surface area contributed by atoms with E-state index in [1.165, 1.54) is 0 Å². The minimum atomic E-state index is -0.960. The standard InChI is InChI=1S/C18H28N4O6/c1-11-7-5-6-8-18(11)14(25)22(16(27)21-18)9-13(24)28-10-12(23)19-15(26)20-17(2,3)4/h11H,5-10H2,1-4H3,(H,21,27)(H2,19,20,23,26)/t11-,18-/m0/s1. The quantitative estimate of drug-likeness (QED) is 0.472. The number of carbonyl (C=O) groups excluding carboxylic acids is 5. The van der Waals surface area contributed by atoms with Gasteiger partial charge in [0.1, 0.15) is 12.1 Å². The molecule has 0 bridgehead atoms. The topological polar surface area (TPSA) is 134 Å². The number of hydrogen-bond donors (Lipinski definition) is 3. The number of amides is 6. The van der Waals surface area contributed by atoms with E-state index in [0.717, 1.165) is 24.2 Å². The molecule has 2 aliphatic rings. The summed E-state index contributed by atoms with van der Waals surface area (Å²) in [7, 11) is 0. The molecule has 2 rings (SSSR count). The first-order valence-electron chi connectivity index (χ1n) is 9.36. The second kappa shape index (κ2) is 8.15. The van der Waals surface area contributed by atoms with Crippen molar-refractivity contribution in [2.45, 2.75) is 64.5 Å². The van der Waals surface area contributed by atoms with Crippen LogP contribution in [-0.4, -0.2) is 59.0 Å². The first kappa shape index (κ1) is 21.6. The molecule has 2 fully saturated rings. The highest BCUT2D eigenvalue weighted by Crippen LogP contribution is 2.38. The van der Waals surface area contributed by atoms with Gasteiger partial charge < -0.3 is 15.4 Å². The fourth-order valence-electron chi connectivity index (χ4n) is 3.49. The third kappa shape index (κ3) is 4.99. The van der Waals surface area contributed by atoms with Gasteiger partial charge in [0.25, 0.3) is 11.8 Å². The van der Waals surface area contributed by atoms with E-state index in [2.05, 4.69) is 10.6 Å². The molecule has 0 aromatic heterocycles. The smallest absolute Gasteiger partial charge is 0.326 e. The summed E-state index contributed by atoms with van der Waals surface area (Å²) in [5.41, 5.74) is -1.49. The molecule has 28 heavy (non-hydrogen) atoms. The minimum Gasteiger partial charge on any atom is -0.454 e. The summed E-state index contributed by atoms with van der Waals surface area (Å²) in [6.07, 6.45) is 3.17. The van der Waals surface area contributed by atoms with Crippen LogP contribution in [0.25, 0.3) is 0 Å². The maximum absolute atomic E-state index is 12.8. The maximum Gasteiger partial charge on any atom is 0.326 e. The molecule has 1 spiro atoms. The highest BCUT2D eigenvalue weighted by Gasteiger charge is 2.55. The van der Waals surface area contributed by atoms with E-state index in [1.54, 1.807) is 20.8 Å². The summed E-state index contributed by atoms with van der Waals surface area (Å²) in [4.78, 5) is 61.1. The van der Waals surface area contributed by atoms with Gasteiger partial charge in [0.15, 0.2) is 6.61 Å². The summed E-state index contributed by atoms with van der Waals surface area (Å²) in [5, 5.41) is 7.29. The zero-order valence-electron chi connectivity index (χ0n) is 16.7. The van der Waals surface area contributed by atoms with Crippen LogP contribution in [0.4, 0.5) is 9.59 Å². The van der Waals surface area contributed by atoms with Crippen molar-refractivity contribution in [3.05, 3.63) is 0 Å². The Morgan fingerprint density at radius 2 is 1.93 bits per heavy atom. The molecule has 10 heteroatoms. The molecule has 0 unspecified atom stereocenters. The molecule has 1 saturated carbocycles. The summed E-state index contributed by atoms with van der Waals surface area (Å²) in [5.74, 6) is -2.18. The van der Waals surface area contributed by atoms with Crippen LogP contribution < -0.4 is 16.0 Å². The number of rotatable bonds is 4. The van der Waals surface area contributed by atoms with Crippen LogP contribution in [0.5, 0.6) is 0 Å². The second-order valence-electron chi connectivity index (χ2n) is 8.35. The molecule has 10 nitrogen and oxygen atoms in total. The zero-order valence-corrected chi connectivity index (χ0v) is 16.7. The molecule has 3 N–H and O–H groups in total. The minimum absolute atomic E-state index is 0.0224. The van der Waals surface area contributed by atoms with Gasteiger partial charge in [-0.15, -0.1) is 0 Å². The number of carbonyl (C=O) groups is 5. The highest BCUT2D eigenvalue weighted by molar-refractivity contribution is 6.09. The van der Waals surface area contributed by atoms with E-state index in [-0.39, 0.29) is 5.92 Å². The normalized spacial score (nSPS) is 24.7. The van der Waals surface area contributed by atoms with Crippen LogP contribution in [0.1, 0.15) is 53.4 Å². The lowest BCUT2D eigenvalue weighted by Crippen LogP contribution is -2.54. The lowest BCUT2D eigenvalue weighted by Gasteiger charge is -2.36. The van der Waals surface area contributed by atoms with E-state index in [9.17, 15) is 24.0 Å². The summed E-state index contributed by atoms with van der Waals surface area (Å²) < 4.78 is 4.79. The fraction of sp³-hybridized carbons (Fsp3) is 0.722. The molecule has 1 heterocycles. The fourth-order valence-corrected chi connectivity index (χ4v) is 3.49. The summed E-state index contributed by atoms with van der Waals surface area (Å²) in [6, 6.07) is -1.35. The van der Waals surface area contributed by atoms with E-state index >= 15 is 0 Å². The lowest BCUT2D eigenvalue weighted by atomic mass is 9.73. The van der Waals surface area contributed by atoms with Gasteiger partial charge in [0, 0.05) is 5.54 Å². The molecule has 2 atom stereocenters. The molecule has 6 amide bonds. The highest BCUT2D eigenvalue weighted by atomic mass is 16.5. The Hall–Kier alpha value is -2.65. The van der Waals surface area contributed by atoms with Crippen molar-refractivity contribution in [1.29, 1.82) is 0 Å². The Labute approximate surface area is 163 Å². The Balaban J connectivity index is 1.84. The van der Waals surface area contributed by atoms with Crippen LogP contribution in [0, 0.1) is 5.92 Å². The summed E-state index contributed by atoms with van der Waals surface area (Å²) >= 11 is 0. The Morgan fingerprint density at radius 3 is 2.54 bits per heavy atom. The van der Waals surface area contributed by atoms with Crippen molar-refractivity contribution in [1.82, 2.24) is 20.9 Å². The average molecular weight is 396 g/mol. The van der Waals surface area contributed by atoms with E-state index < -0.39 is 54.1 Å². The summed E-state index contributed by atoms with van der Waals surface area (Å²) in [6.45, 7) is 5.87. The van der Waals surface area contributed by atoms with Gasteiger partial charge >= 0.3 is 18.0 Å². The Bertz CT molecular complexity index is 686. The molecule has 0 aromatic carbocycles. The predicted octanol–water partition coefficient (Wildman–Crippen LogP) is 0.655. The second-order valence-corrected chi connectivity index (χ2v) is 8.35. The van der Waals surface area contributed by atoms with Crippen molar-refractivity contribution < 1.29 is 28.7 Å². The van der Waals surface area contributed by atoms with Gasteiger partial charge in [-0.3, -0.25) is 24.6 Å². The van der Waals surface area contributed by atoms with Crippen LogP contribution in [0.15, 0.2) is 0 Å². The molecule has 1 aliphatic heterocycles. The molecule has 156 valence electrons. The first-order valence-corrected chi connectivity index (χ1v) is 9.36. The van der Waals surface area contributed by atoms with Crippen molar-refractivity contribution in [2.75, 3.05) is 13.2 Å². The van der Waals surface area contributed by atoms with E-state index in [1.807, 2.05) is 12.2 Å². The largest absolute Gasteiger partial charge is 0.454 e. The lowest BCUT2D eigenvalue weighted by molar-refractivity contribution is -0.151. The molecule has 0 radical (unpaired) electrons. The first-order chi connectivity index (χ1) is 12.9. The van der Waals surface area contributed by atoms with E-state index in [0.29, 0.717) is 6.42 Å². The third-order valence-electron chi connectivity index (χ3n) is 4.89. The van der Waals surface area contributed by atoms with E-state index in [4.69, 9.17) is 4.74 Å². The van der Waals surface area contributed by atoms with Crippen LogP contribution in [0.2, 0.25) is 0 Å². The van der Waals surface area contributed by atoms with Gasteiger partial charge in [-0.2, -0.15) is 0 Å². The van der Waals surface area contributed by atoms with Gasteiger partial charge in [-0.25, -0.2) is 9.59 Å². The molecule has 1 aliphatic carbocycles. The Morgan fingerprint density at radius 1 is 1.25 bits per heavy atom. The average Bonchev–Trinajstić information content (AvgIpc) is 2.79. The Kier molecular flexibility index (Phi) is 6.30. The number of urea groups is 2. The van der Waals surface area contributed by atoms with Crippen molar-refractivity contribution >= 4 is 29.8 Å².